The van der Waals surface area contributed by atoms with Gasteiger partial charge in [0.05, 0.1) is 16.6 Å². The standard InChI is InChI=1S/C24H19BrClN3O3/c25-17-8-11-21(20(26)13-17)28-23(31)15-6-9-18(10-7-15)27-24(32)16-12-22(30)29(14-16)19-4-2-1-3-5-19/h1-11,13,16H,12,14H2,(H,27,32)(H,28,31). The Labute approximate surface area is 198 Å². The van der Waals surface area contributed by atoms with Crippen molar-refractivity contribution in [3.05, 3.63) is 87.9 Å². The van der Waals surface area contributed by atoms with Crippen LogP contribution >= 0.6 is 27.5 Å². The van der Waals surface area contributed by atoms with E-state index in [1.807, 2.05) is 30.3 Å². The van der Waals surface area contributed by atoms with Gasteiger partial charge in [-0.3, -0.25) is 14.4 Å². The minimum absolute atomic E-state index is 0.0741. The van der Waals surface area contributed by atoms with Gasteiger partial charge in [0, 0.05) is 34.4 Å². The third-order valence-electron chi connectivity index (χ3n) is 5.16. The van der Waals surface area contributed by atoms with E-state index in [9.17, 15) is 14.4 Å². The number of hydrogen-bond acceptors (Lipinski definition) is 3. The normalized spacial score (nSPS) is 15.5. The molecule has 0 spiro atoms. The van der Waals surface area contributed by atoms with Crippen LogP contribution in [0.2, 0.25) is 5.02 Å². The van der Waals surface area contributed by atoms with E-state index in [4.69, 9.17) is 11.6 Å². The first-order valence-corrected chi connectivity index (χ1v) is 11.1. The van der Waals surface area contributed by atoms with Crippen LogP contribution < -0.4 is 15.5 Å². The van der Waals surface area contributed by atoms with E-state index >= 15 is 0 Å². The SMILES string of the molecule is O=C(Nc1ccc(Br)cc1Cl)c1ccc(NC(=O)C2CC(=O)N(c3ccccc3)C2)cc1. The lowest BCUT2D eigenvalue weighted by atomic mass is 10.1. The summed E-state index contributed by atoms with van der Waals surface area (Å²) in [5.41, 5.74) is 2.27. The lowest BCUT2D eigenvalue weighted by Gasteiger charge is -2.16. The largest absolute Gasteiger partial charge is 0.326 e. The second-order valence-electron chi connectivity index (χ2n) is 7.39. The number of anilines is 3. The molecule has 2 N–H and O–H groups in total. The molecular weight excluding hydrogens is 494 g/mol. The lowest BCUT2D eigenvalue weighted by molar-refractivity contribution is -0.122. The van der Waals surface area contributed by atoms with Crippen molar-refractivity contribution in [3.8, 4) is 0 Å². The molecule has 0 aliphatic carbocycles. The highest BCUT2D eigenvalue weighted by atomic mass is 79.9. The van der Waals surface area contributed by atoms with Crippen LogP contribution in [0.4, 0.5) is 17.1 Å². The number of hydrogen-bond donors (Lipinski definition) is 2. The third kappa shape index (κ3) is 5.00. The first-order valence-electron chi connectivity index (χ1n) is 9.93. The van der Waals surface area contributed by atoms with Crippen molar-refractivity contribution in [1.29, 1.82) is 0 Å². The van der Waals surface area contributed by atoms with Gasteiger partial charge in [-0.15, -0.1) is 0 Å². The van der Waals surface area contributed by atoms with Gasteiger partial charge in [0.1, 0.15) is 0 Å². The minimum Gasteiger partial charge on any atom is -0.326 e. The number of amides is 3. The van der Waals surface area contributed by atoms with Crippen molar-refractivity contribution in [3.63, 3.8) is 0 Å². The maximum atomic E-state index is 12.7. The fraction of sp³-hybridized carbons (Fsp3) is 0.125. The summed E-state index contributed by atoms with van der Waals surface area (Å²) in [7, 11) is 0. The molecule has 0 saturated carbocycles. The molecule has 6 nitrogen and oxygen atoms in total. The second-order valence-corrected chi connectivity index (χ2v) is 8.71. The summed E-state index contributed by atoms with van der Waals surface area (Å²) in [6.07, 6.45) is 0.162. The maximum Gasteiger partial charge on any atom is 0.255 e. The molecule has 3 aromatic carbocycles. The second kappa shape index (κ2) is 9.54. The van der Waals surface area contributed by atoms with Crippen molar-refractivity contribution in [1.82, 2.24) is 0 Å². The number of benzene rings is 3. The Morgan fingerprint density at radius 1 is 0.969 bits per heavy atom. The molecule has 1 atom stereocenters. The summed E-state index contributed by atoms with van der Waals surface area (Å²) < 4.78 is 0.816. The molecule has 8 heteroatoms. The van der Waals surface area contributed by atoms with Gasteiger partial charge in [-0.1, -0.05) is 45.7 Å². The van der Waals surface area contributed by atoms with Crippen molar-refractivity contribution in [2.45, 2.75) is 6.42 Å². The van der Waals surface area contributed by atoms with E-state index in [1.165, 1.54) is 0 Å². The molecule has 1 unspecified atom stereocenters. The zero-order chi connectivity index (χ0) is 22.7. The van der Waals surface area contributed by atoms with Crippen LogP contribution in [0, 0.1) is 5.92 Å². The number of nitrogens with zero attached hydrogens (tertiary/aromatic N) is 1. The fourth-order valence-corrected chi connectivity index (χ4v) is 4.20. The quantitative estimate of drug-likeness (QED) is 0.484. The molecule has 1 saturated heterocycles. The van der Waals surface area contributed by atoms with Crippen molar-refractivity contribution in [2.24, 2.45) is 5.92 Å². The van der Waals surface area contributed by atoms with E-state index in [1.54, 1.807) is 47.4 Å². The molecule has 0 radical (unpaired) electrons. The molecule has 1 heterocycles. The Hall–Kier alpha value is -3.16. The van der Waals surface area contributed by atoms with E-state index in [-0.39, 0.29) is 24.1 Å². The van der Waals surface area contributed by atoms with Crippen LogP contribution in [0.15, 0.2) is 77.3 Å². The number of rotatable bonds is 5. The third-order valence-corrected chi connectivity index (χ3v) is 5.96. The molecule has 3 aromatic rings. The van der Waals surface area contributed by atoms with E-state index in [0.29, 0.717) is 28.5 Å². The van der Waals surface area contributed by atoms with Crippen LogP contribution in [-0.2, 0) is 9.59 Å². The summed E-state index contributed by atoms with van der Waals surface area (Å²) in [5.74, 6) is -1.05. The summed E-state index contributed by atoms with van der Waals surface area (Å²) in [6, 6.07) is 21.0. The predicted octanol–water partition coefficient (Wildman–Crippen LogP) is 5.35. The van der Waals surface area contributed by atoms with Gasteiger partial charge in [-0.2, -0.15) is 0 Å². The Balaban J connectivity index is 1.37. The Bertz CT molecular complexity index is 1170. The Morgan fingerprint density at radius 2 is 1.69 bits per heavy atom. The minimum atomic E-state index is -0.440. The molecule has 1 fully saturated rings. The van der Waals surface area contributed by atoms with E-state index in [0.717, 1.165) is 10.2 Å². The average molecular weight is 513 g/mol. The van der Waals surface area contributed by atoms with Crippen LogP contribution in [0.3, 0.4) is 0 Å². The number of carbonyl (C=O) groups is 3. The van der Waals surface area contributed by atoms with Gasteiger partial charge in [0.25, 0.3) is 5.91 Å². The maximum absolute atomic E-state index is 12.7. The first-order chi connectivity index (χ1) is 15.4. The van der Waals surface area contributed by atoms with Crippen LogP contribution in [0.25, 0.3) is 0 Å². The van der Waals surface area contributed by atoms with Crippen LogP contribution in [0.1, 0.15) is 16.8 Å². The summed E-state index contributed by atoms with van der Waals surface area (Å²) in [4.78, 5) is 39.1. The molecule has 3 amide bonds. The van der Waals surface area contributed by atoms with Crippen LogP contribution in [-0.4, -0.2) is 24.3 Å². The van der Waals surface area contributed by atoms with Crippen molar-refractivity contribution < 1.29 is 14.4 Å². The molecule has 1 aliphatic heterocycles. The van der Waals surface area contributed by atoms with Gasteiger partial charge in [-0.25, -0.2) is 0 Å². The summed E-state index contributed by atoms with van der Waals surface area (Å²) in [6.45, 7) is 0.336. The molecule has 0 aromatic heterocycles. The highest BCUT2D eigenvalue weighted by Gasteiger charge is 2.35. The molecule has 4 rings (SSSR count). The van der Waals surface area contributed by atoms with Gasteiger partial charge in [0.2, 0.25) is 11.8 Å². The van der Waals surface area contributed by atoms with Crippen LogP contribution in [0.5, 0.6) is 0 Å². The molecule has 0 bridgehead atoms. The van der Waals surface area contributed by atoms with Gasteiger partial charge in [0.15, 0.2) is 0 Å². The highest BCUT2D eigenvalue weighted by molar-refractivity contribution is 9.10. The number of halogens is 2. The molecule has 1 aliphatic rings. The molecule has 32 heavy (non-hydrogen) atoms. The summed E-state index contributed by atoms with van der Waals surface area (Å²) in [5, 5.41) is 6.02. The van der Waals surface area contributed by atoms with E-state index in [2.05, 4.69) is 26.6 Å². The number of para-hydroxylation sites is 1. The Morgan fingerprint density at radius 3 is 2.38 bits per heavy atom. The number of nitrogens with one attached hydrogen (secondary N) is 2. The topological polar surface area (TPSA) is 78.5 Å². The van der Waals surface area contributed by atoms with Crippen molar-refractivity contribution in [2.75, 3.05) is 22.1 Å². The first kappa shape index (κ1) is 22.0. The van der Waals surface area contributed by atoms with E-state index < -0.39 is 5.92 Å². The number of carbonyl (C=O) groups excluding carboxylic acids is 3. The summed E-state index contributed by atoms with van der Waals surface area (Å²) >= 11 is 9.47. The van der Waals surface area contributed by atoms with Gasteiger partial charge < -0.3 is 15.5 Å². The zero-order valence-corrected chi connectivity index (χ0v) is 19.2. The zero-order valence-electron chi connectivity index (χ0n) is 16.8. The Kier molecular flexibility index (Phi) is 6.58. The lowest BCUT2D eigenvalue weighted by Crippen LogP contribution is -2.28. The van der Waals surface area contributed by atoms with Gasteiger partial charge in [-0.05, 0) is 54.6 Å². The molecule has 162 valence electrons. The fourth-order valence-electron chi connectivity index (χ4n) is 3.48. The predicted molar refractivity (Wildman–Crippen MR) is 129 cm³/mol. The average Bonchev–Trinajstić information content (AvgIpc) is 3.18. The van der Waals surface area contributed by atoms with Crippen molar-refractivity contribution >= 4 is 62.3 Å². The monoisotopic (exact) mass is 511 g/mol. The highest BCUT2D eigenvalue weighted by Crippen LogP contribution is 2.27. The molecular formula is C24H19BrClN3O3. The smallest absolute Gasteiger partial charge is 0.255 e. The van der Waals surface area contributed by atoms with Gasteiger partial charge >= 0.3 is 0 Å².